The van der Waals surface area contributed by atoms with E-state index in [0.29, 0.717) is 23.2 Å². The van der Waals surface area contributed by atoms with Crippen LogP contribution in [0.3, 0.4) is 0 Å². The minimum atomic E-state index is 0.132. The van der Waals surface area contributed by atoms with Crippen molar-refractivity contribution in [2.24, 2.45) is 5.92 Å². The molecule has 2 aromatic heterocycles. The van der Waals surface area contributed by atoms with Crippen molar-refractivity contribution in [1.29, 1.82) is 0 Å². The second-order valence-corrected chi connectivity index (χ2v) is 8.76. The average molecular weight is 407 g/mol. The molecule has 0 saturated carbocycles. The van der Waals surface area contributed by atoms with Crippen molar-refractivity contribution in [3.8, 4) is 22.7 Å². The maximum atomic E-state index is 10.5. The van der Waals surface area contributed by atoms with Crippen molar-refractivity contribution >= 4 is 5.82 Å². The fourth-order valence-electron chi connectivity index (χ4n) is 4.34. The number of aromatic hydroxyl groups is 1. The van der Waals surface area contributed by atoms with Crippen molar-refractivity contribution in [2.45, 2.75) is 38.8 Å². The van der Waals surface area contributed by atoms with E-state index >= 15 is 0 Å². The molecule has 1 aliphatic rings. The summed E-state index contributed by atoms with van der Waals surface area (Å²) in [6.45, 7) is 8.00. The zero-order chi connectivity index (χ0) is 21.5. The molecule has 3 aromatic rings. The lowest BCUT2D eigenvalue weighted by atomic mass is 9.77. The van der Waals surface area contributed by atoms with Crippen molar-refractivity contribution in [2.75, 3.05) is 25.5 Å². The topological polar surface area (TPSA) is 70.3 Å². The number of hydrogen-bond donors (Lipinski definition) is 1. The van der Waals surface area contributed by atoms with Gasteiger partial charge in [-0.05, 0) is 63.6 Å². The van der Waals surface area contributed by atoms with E-state index in [1.807, 2.05) is 36.5 Å². The van der Waals surface area contributed by atoms with Gasteiger partial charge in [0.25, 0.3) is 0 Å². The van der Waals surface area contributed by atoms with Crippen LogP contribution in [0.2, 0.25) is 0 Å². The molecule has 158 valence electrons. The number of likely N-dealkylation sites (tertiary alicyclic amines) is 1. The third kappa shape index (κ3) is 3.54. The number of piperidine rings is 1. The molecule has 0 spiro atoms. The number of benzene rings is 1. The van der Waals surface area contributed by atoms with Crippen LogP contribution in [0, 0.1) is 5.92 Å². The van der Waals surface area contributed by atoms with Gasteiger partial charge >= 0.3 is 0 Å². The highest BCUT2D eigenvalue weighted by molar-refractivity contribution is 5.69. The fraction of sp³-hybridized carbons (Fsp3) is 0.435. The SMILES string of the molecule is CC1C(N(C)c2ccc(-c3ccc(-n4cccn4)cc3O)nn2)CCN(C)C1(C)C. The van der Waals surface area contributed by atoms with Gasteiger partial charge in [0.2, 0.25) is 0 Å². The molecule has 0 bridgehead atoms. The first kappa shape index (κ1) is 20.3. The number of rotatable bonds is 4. The maximum absolute atomic E-state index is 10.5. The lowest BCUT2D eigenvalue weighted by Gasteiger charge is -2.51. The second kappa shape index (κ2) is 7.72. The minimum Gasteiger partial charge on any atom is -0.507 e. The van der Waals surface area contributed by atoms with Crippen LogP contribution in [0.5, 0.6) is 5.75 Å². The Labute approximate surface area is 178 Å². The third-order valence-electron chi connectivity index (χ3n) is 6.97. The summed E-state index contributed by atoms with van der Waals surface area (Å²) in [6, 6.07) is 11.6. The molecule has 2 unspecified atom stereocenters. The molecule has 7 heteroatoms. The monoisotopic (exact) mass is 406 g/mol. The van der Waals surface area contributed by atoms with E-state index in [-0.39, 0.29) is 11.3 Å². The average Bonchev–Trinajstić information content (AvgIpc) is 3.27. The molecule has 1 aromatic carbocycles. The van der Waals surface area contributed by atoms with Gasteiger partial charge in [-0.25, -0.2) is 4.68 Å². The molecule has 1 fully saturated rings. The molecule has 2 atom stereocenters. The highest BCUT2D eigenvalue weighted by Gasteiger charge is 2.41. The Morgan fingerprint density at radius 1 is 1.17 bits per heavy atom. The largest absolute Gasteiger partial charge is 0.507 e. The van der Waals surface area contributed by atoms with Crippen LogP contribution >= 0.6 is 0 Å². The third-order valence-corrected chi connectivity index (χ3v) is 6.97. The Hall–Kier alpha value is -2.93. The number of anilines is 1. The molecule has 0 radical (unpaired) electrons. The van der Waals surface area contributed by atoms with Crippen LogP contribution in [-0.2, 0) is 0 Å². The summed E-state index contributed by atoms with van der Waals surface area (Å²) < 4.78 is 1.71. The van der Waals surface area contributed by atoms with E-state index < -0.39 is 0 Å². The van der Waals surface area contributed by atoms with E-state index in [4.69, 9.17) is 0 Å². The maximum Gasteiger partial charge on any atom is 0.151 e. The Morgan fingerprint density at radius 3 is 2.60 bits per heavy atom. The predicted octanol–water partition coefficient (Wildman–Crippen LogP) is 3.59. The summed E-state index contributed by atoms with van der Waals surface area (Å²) in [5, 5.41) is 23.6. The van der Waals surface area contributed by atoms with Crippen molar-refractivity contribution in [1.82, 2.24) is 24.9 Å². The van der Waals surface area contributed by atoms with E-state index in [0.717, 1.165) is 24.5 Å². The van der Waals surface area contributed by atoms with Crippen molar-refractivity contribution < 1.29 is 5.11 Å². The van der Waals surface area contributed by atoms with Crippen LogP contribution in [0.1, 0.15) is 27.2 Å². The van der Waals surface area contributed by atoms with E-state index in [1.54, 1.807) is 16.9 Å². The standard InChI is InChI=1S/C23H30N6O/c1-16-20(11-14-27(4)23(16,2)3)28(5)22-10-9-19(25-26-22)18-8-7-17(15-21(18)30)29-13-6-12-24-29/h6-10,12-13,15-16,20,30H,11,14H2,1-5H3. The van der Waals surface area contributed by atoms with Crippen LogP contribution in [-0.4, -0.2) is 62.2 Å². The molecule has 0 amide bonds. The highest BCUT2D eigenvalue weighted by Crippen LogP contribution is 2.36. The lowest BCUT2D eigenvalue weighted by Crippen LogP contribution is -2.59. The van der Waals surface area contributed by atoms with Gasteiger partial charge < -0.3 is 14.9 Å². The Bertz CT molecular complexity index is 999. The number of nitrogens with zero attached hydrogens (tertiary/aromatic N) is 6. The smallest absolute Gasteiger partial charge is 0.151 e. The molecule has 1 saturated heterocycles. The summed E-state index contributed by atoms with van der Waals surface area (Å²) >= 11 is 0. The van der Waals surface area contributed by atoms with Gasteiger partial charge in [-0.3, -0.25) is 0 Å². The minimum absolute atomic E-state index is 0.132. The molecule has 4 rings (SSSR count). The van der Waals surface area contributed by atoms with Crippen LogP contribution in [0.25, 0.3) is 16.9 Å². The predicted molar refractivity (Wildman–Crippen MR) is 119 cm³/mol. The molecule has 7 nitrogen and oxygen atoms in total. The van der Waals surface area contributed by atoms with Gasteiger partial charge in [0.15, 0.2) is 5.82 Å². The van der Waals surface area contributed by atoms with Gasteiger partial charge in [-0.15, -0.1) is 10.2 Å². The quantitative estimate of drug-likeness (QED) is 0.714. The highest BCUT2D eigenvalue weighted by atomic mass is 16.3. The van der Waals surface area contributed by atoms with Gasteiger partial charge in [0, 0.05) is 49.2 Å². The van der Waals surface area contributed by atoms with Crippen LogP contribution in [0.15, 0.2) is 48.8 Å². The van der Waals surface area contributed by atoms with Gasteiger partial charge in [-0.1, -0.05) is 6.92 Å². The molecule has 1 N–H and O–H groups in total. The molecule has 3 heterocycles. The molecular weight excluding hydrogens is 376 g/mol. The van der Waals surface area contributed by atoms with Gasteiger partial charge in [0.1, 0.15) is 5.75 Å². The zero-order valence-electron chi connectivity index (χ0n) is 18.3. The first-order valence-electron chi connectivity index (χ1n) is 10.4. The van der Waals surface area contributed by atoms with Crippen molar-refractivity contribution in [3.63, 3.8) is 0 Å². The number of phenols is 1. The van der Waals surface area contributed by atoms with Gasteiger partial charge in [0.05, 0.1) is 11.4 Å². The van der Waals surface area contributed by atoms with Crippen molar-refractivity contribution in [3.05, 3.63) is 48.8 Å². The molecule has 0 aliphatic carbocycles. The Morgan fingerprint density at radius 2 is 1.97 bits per heavy atom. The second-order valence-electron chi connectivity index (χ2n) is 8.76. The summed E-state index contributed by atoms with van der Waals surface area (Å²) in [6.07, 6.45) is 4.64. The van der Waals surface area contributed by atoms with Gasteiger partial charge in [-0.2, -0.15) is 5.10 Å². The van der Waals surface area contributed by atoms with Crippen LogP contribution in [0.4, 0.5) is 5.82 Å². The summed E-state index contributed by atoms with van der Waals surface area (Å²) in [4.78, 5) is 4.68. The lowest BCUT2D eigenvalue weighted by molar-refractivity contribution is 0.0391. The first-order chi connectivity index (χ1) is 14.3. The fourth-order valence-corrected chi connectivity index (χ4v) is 4.34. The molecule has 1 aliphatic heterocycles. The Kier molecular flexibility index (Phi) is 5.24. The van der Waals surface area contributed by atoms with E-state index in [1.165, 1.54) is 0 Å². The number of aromatic nitrogens is 4. The normalized spacial score (nSPS) is 21.5. The van der Waals surface area contributed by atoms with Crippen LogP contribution < -0.4 is 4.90 Å². The Balaban J connectivity index is 1.54. The summed E-state index contributed by atoms with van der Waals surface area (Å²) in [5.41, 5.74) is 2.23. The molecular formula is C23H30N6O. The molecule has 30 heavy (non-hydrogen) atoms. The number of phenolic OH excluding ortho intramolecular Hbond substituents is 1. The number of hydrogen-bond acceptors (Lipinski definition) is 6. The first-order valence-corrected chi connectivity index (χ1v) is 10.4. The zero-order valence-corrected chi connectivity index (χ0v) is 18.3. The summed E-state index contributed by atoms with van der Waals surface area (Å²) in [7, 11) is 4.30. The summed E-state index contributed by atoms with van der Waals surface area (Å²) in [5.74, 6) is 1.49. The van der Waals surface area contributed by atoms with E-state index in [9.17, 15) is 5.11 Å². The van der Waals surface area contributed by atoms with E-state index in [2.05, 4.69) is 60.0 Å².